The fraction of sp³-hybridized carbons (Fsp3) is 0.579. The summed E-state index contributed by atoms with van der Waals surface area (Å²) in [5, 5.41) is 10.6. The van der Waals surface area contributed by atoms with Gasteiger partial charge >= 0.3 is 11.9 Å². The Balaban J connectivity index is 2.05. The molecule has 144 valence electrons. The molecule has 0 atom stereocenters. The van der Waals surface area contributed by atoms with E-state index in [0.717, 1.165) is 39.5 Å². The quantitative estimate of drug-likeness (QED) is 0.720. The minimum absolute atomic E-state index is 0.0216. The Labute approximate surface area is 151 Å². The molecule has 0 spiro atoms. The Morgan fingerprint density at radius 1 is 1.08 bits per heavy atom. The van der Waals surface area contributed by atoms with Crippen molar-refractivity contribution in [3.05, 3.63) is 29.8 Å². The number of esters is 1. The van der Waals surface area contributed by atoms with Gasteiger partial charge in [-0.3, -0.25) is 0 Å². The summed E-state index contributed by atoms with van der Waals surface area (Å²) in [6.07, 6.45) is 5.29. The third-order valence-electron chi connectivity index (χ3n) is 4.73. The SMILES string of the molecule is CC1(Oc2ccc(C(=O)OC(C)(C)C(F)(F)C(=O)[O-])cc2)CCCCC1. The number of alkyl halides is 2. The maximum Gasteiger partial charge on any atom is 0.338 e. The Bertz CT molecular complexity index is 661. The van der Waals surface area contributed by atoms with Crippen LogP contribution in [0.5, 0.6) is 5.75 Å². The van der Waals surface area contributed by atoms with Gasteiger partial charge in [-0.25, -0.2) is 4.79 Å². The van der Waals surface area contributed by atoms with Crippen LogP contribution in [0, 0.1) is 0 Å². The van der Waals surface area contributed by atoms with Gasteiger partial charge in [0.2, 0.25) is 0 Å². The van der Waals surface area contributed by atoms with Crippen molar-refractivity contribution in [3.63, 3.8) is 0 Å². The van der Waals surface area contributed by atoms with Gasteiger partial charge in [0, 0.05) is 0 Å². The van der Waals surface area contributed by atoms with Gasteiger partial charge < -0.3 is 19.4 Å². The number of aliphatic carboxylic acids is 1. The first-order valence-electron chi connectivity index (χ1n) is 8.59. The van der Waals surface area contributed by atoms with E-state index in [-0.39, 0.29) is 11.2 Å². The number of hydrogen-bond donors (Lipinski definition) is 0. The smallest absolute Gasteiger partial charge is 0.338 e. The number of carboxylic acid groups (broad SMARTS) is 1. The van der Waals surface area contributed by atoms with Crippen LogP contribution in [0.4, 0.5) is 8.78 Å². The molecule has 1 saturated carbocycles. The number of halogens is 2. The van der Waals surface area contributed by atoms with Gasteiger partial charge in [0.05, 0.1) is 5.56 Å². The van der Waals surface area contributed by atoms with Gasteiger partial charge in [-0.15, -0.1) is 0 Å². The normalized spacial score (nSPS) is 17.4. The molecule has 26 heavy (non-hydrogen) atoms. The predicted octanol–water partition coefficient (Wildman–Crippen LogP) is 3.11. The standard InChI is InChI=1S/C19H24F2O5/c1-17(2,19(20,21)16(23)24)26-15(22)13-7-9-14(10-8-13)25-18(3)11-5-4-6-12-18/h7-10H,4-6,11-12H2,1-3H3,(H,23,24)/p-1. The van der Waals surface area contributed by atoms with Gasteiger partial charge in [0.25, 0.3) is 0 Å². The average Bonchev–Trinajstić information content (AvgIpc) is 2.55. The van der Waals surface area contributed by atoms with E-state index < -0.39 is 23.5 Å². The second-order valence-electron chi connectivity index (χ2n) is 7.40. The van der Waals surface area contributed by atoms with E-state index in [1.54, 1.807) is 12.1 Å². The van der Waals surface area contributed by atoms with Crippen LogP contribution in [0.25, 0.3) is 0 Å². The highest BCUT2D eigenvalue weighted by Crippen LogP contribution is 2.34. The summed E-state index contributed by atoms with van der Waals surface area (Å²) in [6, 6.07) is 5.94. The lowest BCUT2D eigenvalue weighted by molar-refractivity contribution is -0.341. The van der Waals surface area contributed by atoms with E-state index in [1.165, 1.54) is 18.6 Å². The van der Waals surface area contributed by atoms with Crippen molar-refractivity contribution in [3.8, 4) is 5.75 Å². The van der Waals surface area contributed by atoms with E-state index in [4.69, 9.17) is 9.47 Å². The molecule has 0 heterocycles. The fourth-order valence-corrected chi connectivity index (χ4v) is 2.95. The number of hydrogen-bond acceptors (Lipinski definition) is 5. The number of carboxylic acids is 1. The second-order valence-corrected chi connectivity index (χ2v) is 7.40. The fourth-order valence-electron chi connectivity index (χ4n) is 2.95. The van der Waals surface area contributed by atoms with Crippen molar-refractivity contribution in [2.24, 2.45) is 0 Å². The van der Waals surface area contributed by atoms with Crippen molar-refractivity contribution in [2.75, 3.05) is 0 Å². The summed E-state index contributed by atoms with van der Waals surface area (Å²) in [6.45, 7) is 3.68. The monoisotopic (exact) mass is 369 g/mol. The average molecular weight is 369 g/mol. The first-order chi connectivity index (χ1) is 12.0. The molecule has 0 bridgehead atoms. The molecule has 0 aliphatic heterocycles. The van der Waals surface area contributed by atoms with Crippen molar-refractivity contribution >= 4 is 11.9 Å². The van der Waals surface area contributed by atoms with Crippen molar-refractivity contribution in [1.82, 2.24) is 0 Å². The van der Waals surface area contributed by atoms with Gasteiger partial charge in [-0.1, -0.05) is 6.42 Å². The lowest BCUT2D eigenvalue weighted by Gasteiger charge is -2.34. The van der Waals surface area contributed by atoms with Gasteiger partial charge in [-0.05, 0) is 70.7 Å². The molecule has 1 aromatic rings. The van der Waals surface area contributed by atoms with Gasteiger partial charge in [-0.2, -0.15) is 8.78 Å². The third-order valence-corrected chi connectivity index (χ3v) is 4.73. The molecule has 5 nitrogen and oxygen atoms in total. The molecular formula is C19H23F2O5-. The summed E-state index contributed by atoms with van der Waals surface area (Å²) in [5.41, 5.74) is -2.78. The molecule has 1 aliphatic rings. The van der Waals surface area contributed by atoms with Crippen LogP contribution in [0.3, 0.4) is 0 Å². The summed E-state index contributed by atoms with van der Waals surface area (Å²) in [5.74, 6) is -7.39. The molecular weight excluding hydrogens is 346 g/mol. The lowest BCUT2D eigenvalue weighted by Crippen LogP contribution is -2.57. The molecule has 0 aromatic heterocycles. The Morgan fingerprint density at radius 2 is 1.62 bits per heavy atom. The molecule has 0 N–H and O–H groups in total. The summed E-state index contributed by atoms with van der Waals surface area (Å²) in [7, 11) is 0. The van der Waals surface area contributed by atoms with Crippen LogP contribution in [-0.4, -0.2) is 29.1 Å². The molecule has 0 amide bonds. The number of ether oxygens (including phenoxy) is 2. The number of rotatable bonds is 6. The number of benzene rings is 1. The molecule has 0 saturated heterocycles. The van der Waals surface area contributed by atoms with Gasteiger partial charge in [0.15, 0.2) is 5.60 Å². The molecule has 2 rings (SSSR count). The summed E-state index contributed by atoms with van der Waals surface area (Å²) < 4.78 is 37.9. The van der Waals surface area contributed by atoms with Crippen LogP contribution in [-0.2, 0) is 9.53 Å². The first-order valence-corrected chi connectivity index (χ1v) is 8.59. The van der Waals surface area contributed by atoms with E-state index in [9.17, 15) is 23.5 Å². The minimum Gasteiger partial charge on any atom is -0.544 e. The zero-order valence-electron chi connectivity index (χ0n) is 15.1. The van der Waals surface area contributed by atoms with Crippen LogP contribution in [0.1, 0.15) is 63.2 Å². The Kier molecular flexibility index (Phi) is 5.58. The topological polar surface area (TPSA) is 75.7 Å². The molecule has 0 unspecified atom stereocenters. The van der Waals surface area contributed by atoms with E-state index in [2.05, 4.69) is 0 Å². The van der Waals surface area contributed by atoms with Crippen molar-refractivity contribution < 1.29 is 33.0 Å². The Morgan fingerprint density at radius 3 is 2.12 bits per heavy atom. The van der Waals surface area contributed by atoms with E-state index >= 15 is 0 Å². The molecule has 0 radical (unpaired) electrons. The highest BCUT2D eigenvalue weighted by atomic mass is 19.3. The van der Waals surface area contributed by atoms with E-state index in [1.807, 2.05) is 6.92 Å². The molecule has 1 aromatic carbocycles. The first kappa shape index (κ1) is 20.1. The highest BCUT2D eigenvalue weighted by Gasteiger charge is 2.51. The third kappa shape index (κ3) is 4.31. The Hall–Kier alpha value is -2.18. The van der Waals surface area contributed by atoms with Crippen molar-refractivity contribution in [2.45, 2.75) is 70.0 Å². The zero-order chi connectivity index (χ0) is 19.6. The van der Waals surface area contributed by atoms with Crippen LogP contribution < -0.4 is 9.84 Å². The minimum atomic E-state index is -4.32. The lowest BCUT2D eigenvalue weighted by atomic mass is 9.86. The van der Waals surface area contributed by atoms with Crippen LogP contribution in [0.15, 0.2) is 24.3 Å². The molecule has 1 fully saturated rings. The van der Waals surface area contributed by atoms with Crippen LogP contribution in [0.2, 0.25) is 0 Å². The number of carbonyl (C=O) groups is 2. The largest absolute Gasteiger partial charge is 0.544 e. The zero-order valence-corrected chi connectivity index (χ0v) is 15.1. The maximum atomic E-state index is 13.6. The summed E-state index contributed by atoms with van der Waals surface area (Å²) >= 11 is 0. The second kappa shape index (κ2) is 7.21. The highest BCUT2D eigenvalue weighted by molar-refractivity contribution is 5.90. The van der Waals surface area contributed by atoms with Crippen molar-refractivity contribution in [1.29, 1.82) is 0 Å². The number of carbonyl (C=O) groups excluding carboxylic acids is 2. The van der Waals surface area contributed by atoms with Gasteiger partial charge in [0.1, 0.15) is 17.3 Å². The van der Waals surface area contributed by atoms with E-state index in [0.29, 0.717) is 5.75 Å². The maximum absolute atomic E-state index is 13.6. The molecule has 7 heteroatoms. The van der Waals surface area contributed by atoms with Crippen LogP contribution >= 0.6 is 0 Å². The molecule has 1 aliphatic carbocycles. The summed E-state index contributed by atoms with van der Waals surface area (Å²) in [4.78, 5) is 22.7. The predicted molar refractivity (Wildman–Crippen MR) is 88.0 cm³/mol.